The topological polar surface area (TPSA) is 13.1 Å². The predicted molar refractivity (Wildman–Crippen MR) is 65.6 cm³/mol. The van der Waals surface area contributed by atoms with Crippen LogP contribution in [0.25, 0.3) is 0 Å². The van der Waals surface area contributed by atoms with Crippen molar-refractivity contribution in [1.29, 1.82) is 0 Å². The predicted octanol–water partition coefficient (Wildman–Crippen LogP) is 4.82. The molecule has 0 atom stereocenters. The van der Waals surface area contributed by atoms with Crippen LogP contribution in [0.3, 0.4) is 0 Å². The van der Waals surface area contributed by atoms with Gasteiger partial charge in [-0.2, -0.15) is 0 Å². The summed E-state index contributed by atoms with van der Waals surface area (Å²) in [6, 6.07) is 2.24. The lowest BCUT2D eigenvalue weighted by Crippen LogP contribution is -2.09. The maximum Gasteiger partial charge on any atom is 0.110 e. The Hall–Kier alpha value is -0.720. The van der Waals surface area contributed by atoms with Crippen molar-refractivity contribution in [3.05, 3.63) is 23.2 Å². The van der Waals surface area contributed by atoms with E-state index >= 15 is 0 Å². The van der Waals surface area contributed by atoms with Crippen LogP contribution in [0.1, 0.15) is 77.4 Å². The lowest BCUT2D eigenvalue weighted by molar-refractivity contribution is 0.375. The van der Waals surface area contributed by atoms with Gasteiger partial charge in [-0.1, -0.05) is 48.5 Å². The van der Waals surface area contributed by atoms with Crippen molar-refractivity contribution in [3.63, 3.8) is 0 Å². The third-order valence-electron chi connectivity index (χ3n) is 2.68. The average molecular weight is 208 g/mol. The van der Waals surface area contributed by atoms with Gasteiger partial charge in [-0.25, -0.2) is 0 Å². The molecule has 86 valence electrons. The van der Waals surface area contributed by atoms with Gasteiger partial charge in [-0.05, 0) is 17.5 Å². The standard InChI is InChI=1S/C14H24O/c1-9(2)11-8-12(14(5,6)7)15-13(11)10(3)4/h8-10H,1-7H3. The molecule has 0 fully saturated rings. The second-order valence-electron chi connectivity index (χ2n) is 5.99. The minimum Gasteiger partial charge on any atom is -0.465 e. The Morgan fingerprint density at radius 2 is 1.53 bits per heavy atom. The zero-order valence-electron chi connectivity index (χ0n) is 11.1. The summed E-state index contributed by atoms with van der Waals surface area (Å²) < 4.78 is 6.00. The maximum absolute atomic E-state index is 6.00. The molecule has 0 aliphatic rings. The fraction of sp³-hybridized carbons (Fsp3) is 0.714. The van der Waals surface area contributed by atoms with Gasteiger partial charge in [0, 0.05) is 11.3 Å². The third-order valence-corrected chi connectivity index (χ3v) is 2.68. The quantitative estimate of drug-likeness (QED) is 0.679. The Bertz CT molecular complexity index is 298. The van der Waals surface area contributed by atoms with Crippen LogP contribution in [0.15, 0.2) is 10.5 Å². The normalized spacial score (nSPS) is 12.9. The molecule has 1 aromatic heterocycles. The van der Waals surface area contributed by atoms with Crippen molar-refractivity contribution in [1.82, 2.24) is 0 Å². The van der Waals surface area contributed by atoms with Gasteiger partial charge in [-0.15, -0.1) is 0 Å². The first-order valence-electron chi connectivity index (χ1n) is 5.87. The monoisotopic (exact) mass is 208 g/mol. The molecule has 0 N–H and O–H groups in total. The van der Waals surface area contributed by atoms with E-state index in [0.717, 1.165) is 11.5 Å². The Balaban J connectivity index is 3.21. The first-order valence-corrected chi connectivity index (χ1v) is 5.87. The molecule has 0 aromatic carbocycles. The molecule has 1 heterocycles. The summed E-state index contributed by atoms with van der Waals surface area (Å²) in [7, 11) is 0. The Morgan fingerprint density at radius 1 is 1.00 bits per heavy atom. The largest absolute Gasteiger partial charge is 0.465 e. The van der Waals surface area contributed by atoms with Gasteiger partial charge in [0.05, 0.1) is 0 Å². The van der Waals surface area contributed by atoms with Crippen LogP contribution in [-0.2, 0) is 5.41 Å². The molecule has 0 aliphatic carbocycles. The average Bonchev–Trinajstić information content (AvgIpc) is 2.45. The van der Waals surface area contributed by atoms with E-state index < -0.39 is 0 Å². The molecule has 1 nitrogen and oxygen atoms in total. The highest BCUT2D eigenvalue weighted by Crippen LogP contribution is 2.34. The van der Waals surface area contributed by atoms with Crippen molar-refractivity contribution >= 4 is 0 Å². The minimum atomic E-state index is 0.108. The molecule has 1 aromatic rings. The number of furan rings is 1. The smallest absolute Gasteiger partial charge is 0.110 e. The van der Waals surface area contributed by atoms with E-state index in [1.54, 1.807) is 0 Å². The van der Waals surface area contributed by atoms with Gasteiger partial charge < -0.3 is 4.42 Å². The lowest BCUT2D eigenvalue weighted by Gasteiger charge is -2.14. The molecular formula is C14H24O. The highest BCUT2D eigenvalue weighted by Gasteiger charge is 2.23. The summed E-state index contributed by atoms with van der Waals surface area (Å²) in [5, 5.41) is 0. The molecule has 0 spiro atoms. The zero-order valence-corrected chi connectivity index (χ0v) is 11.1. The van der Waals surface area contributed by atoms with E-state index in [1.807, 2.05) is 0 Å². The summed E-state index contributed by atoms with van der Waals surface area (Å²) in [6.45, 7) is 15.4. The van der Waals surface area contributed by atoms with Gasteiger partial charge in [0.2, 0.25) is 0 Å². The second kappa shape index (κ2) is 4.03. The molecule has 1 heteroatoms. The molecule has 1 rings (SSSR count). The summed E-state index contributed by atoms with van der Waals surface area (Å²) in [6.07, 6.45) is 0. The van der Waals surface area contributed by atoms with E-state index in [9.17, 15) is 0 Å². The van der Waals surface area contributed by atoms with Gasteiger partial charge in [-0.3, -0.25) is 0 Å². The number of hydrogen-bond acceptors (Lipinski definition) is 1. The van der Waals surface area contributed by atoms with E-state index in [-0.39, 0.29) is 5.41 Å². The van der Waals surface area contributed by atoms with E-state index in [2.05, 4.69) is 54.5 Å². The fourth-order valence-corrected chi connectivity index (χ4v) is 1.69. The van der Waals surface area contributed by atoms with Crippen molar-refractivity contribution in [2.24, 2.45) is 0 Å². The maximum atomic E-state index is 6.00. The third kappa shape index (κ3) is 2.64. The van der Waals surface area contributed by atoms with Crippen LogP contribution >= 0.6 is 0 Å². The van der Waals surface area contributed by atoms with E-state index in [1.165, 1.54) is 5.56 Å². The first kappa shape index (κ1) is 12.4. The molecule has 0 saturated heterocycles. The van der Waals surface area contributed by atoms with Crippen LogP contribution in [0.2, 0.25) is 0 Å². The molecule has 0 bridgehead atoms. The Labute approximate surface area is 93.9 Å². The highest BCUT2D eigenvalue weighted by atomic mass is 16.3. The first-order chi connectivity index (χ1) is 6.73. The fourth-order valence-electron chi connectivity index (χ4n) is 1.69. The van der Waals surface area contributed by atoms with Gasteiger partial charge in [0.1, 0.15) is 11.5 Å². The van der Waals surface area contributed by atoms with E-state index in [0.29, 0.717) is 11.8 Å². The summed E-state index contributed by atoms with van der Waals surface area (Å²) in [4.78, 5) is 0. The number of rotatable bonds is 2. The molecule has 0 radical (unpaired) electrons. The van der Waals surface area contributed by atoms with E-state index in [4.69, 9.17) is 4.42 Å². The minimum absolute atomic E-state index is 0.108. The van der Waals surface area contributed by atoms with Crippen LogP contribution in [0.5, 0.6) is 0 Å². The van der Waals surface area contributed by atoms with Crippen molar-refractivity contribution < 1.29 is 4.42 Å². The SMILES string of the molecule is CC(C)c1cc(C(C)(C)C)oc1C(C)C. The van der Waals surface area contributed by atoms with Crippen molar-refractivity contribution in [3.8, 4) is 0 Å². The van der Waals surface area contributed by atoms with Crippen molar-refractivity contribution in [2.75, 3.05) is 0 Å². The molecule has 0 saturated carbocycles. The Morgan fingerprint density at radius 3 is 1.80 bits per heavy atom. The molecule has 0 unspecified atom stereocenters. The van der Waals surface area contributed by atoms with Crippen LogP contribution in [0.4, 0.5) is 0 Å². The summed E-state index contributed by atoms with van der Waals surface area (Å²) in [5.74, 6) is 3.28. The zero-order chi connectivity index (χ0) is 11.8. The molecule has 15 heavy (non-hydrogen) atoms. The van der Waals surface area contributed by atoms with Gasteiger partial charge in [0.15, 0.2) is 0 Å². The Kier molecular flexibility index (Phi) is 3.32. The molecular weight excluding hydrogens is 184 g/mol. The van der Waals surface area contributed by atoms with Crippen LogP contribution in [-0.4, -0.2) is 0 Å². The summed E-state index contributed by atoms with van der Waals surface area (Å²) in [5.41, 5.74) is 1.48. The molecule has 0 aliphatic heterocycles. The summed E-state index contributed by atoms with van der Waals surface area (Å²) >= 11 is 0. The lowest BCUT2D eigenvalue weighted by atomic mass is 9.91. The van der Waals surface area contributed by atoms with Gasteiger partial charge >= 0.3 is 0 Å². The highest BCUT2D eigenvalue weighted by molar-refractivity contribution is 5.29. The van der Waals surface area contributed by atoms with Crippen LogP contribution in [0, 0.1) is 0 Å². The van der Waals surface area contributed by atoms with Crippen molar-refractivity contribution in [2.45, 2.75) is 65.7 Å². The second-order valence-corrected chi connectivity index (χ2v) is 5.99. The number of hydrogen-bond donors (Lipinski definition) is 0. The molecule has 0 amide bonds. The van der Waals surface area contributed by atoms with Gasteiger partial charge in [0.25, 0.3) is 0 Å². The van der Waals surface area contributed by atoms with Crippen LogP contribution < -0.4 is 0 Å².